The second kappa shape index (κ2) is 2.95. The molecule has 0 heterocycles. The number of aliphatic imine (C=N–C) groups is 1. The minimum absolute atomic E-state index is 0.515. The fourth-order valence-electron chi connectivity index (χ4n) is 3.34. The number of hydrogen-bond donors (Lipinski definition) is 0. The second-order valence-corrected chi connectivity index (χ2v) is 5.13. The van der Waals surface area contributed by atoms with Gasteiger partial charge in [-0.25, -0.2) is 9.79 Å². The van der Waals surface area contributed by atoms with E-state index in [9.17, 15) is 4.79 Å². The van der Waals surface area contributed by atoms with Crippen molar-refractivity contribution in [1.82, 2.24) is 0 Å². The van der Waals surface area contributed by atoms with Gasteiger partial charge in [-0.05, 0) is 42.4 Å². The normalized spacial score (nSPS) is 40.3. The van der Waals surface area contributed by atoms with E-state index in [0.29, 0.717) is 17.9 Å². The van der Waals surface area contributed by atoms with Crippen LogP contribution in [0.1, 0.15) is 33.1 Å². The summed E-state index contributed by atoms with van der Waals surface area (Å²) in [5.41, 5.74) is 0.515. The fourth-order valence-corrected chi connectivity index (χ4v) is 3.34. The van der Waals surface area contributed by atoms with E-state index < -0.39 is 0 Å². The van der Waals surface area contributed by atoms with Crippen molar-refractivity contribution in [1.29, 1.82) is 0 Å². The van der Waals surface area contributed by atoms with Crippen LogP contribution in [0.5, 0.6) is 0 Å². The molecule has 0 aromatic carbocycles. The van der Waals surface area contributed by atoms with Crippen LogP contribution in [-0.2, 0) is 4.79 Å². The Morgan fingerprint density at radius 1 is 1.46 bits per heavy atom. The molecule has 3 aliphatic rings. The van der Waals surface area contributed by atoms with Gasteiger partial charge in [0.15, 0.2) is 0 Å². The van der Waals surface area contributed by atoms with Crippen LogP contribution >= 0.6 is 0 Å². The van der Waals surface area contributed by atoms with Crippen LogP contribution in [-0.4, -0.2) is 12.6 Å². The van der Waals surface area contributed by atoms with Gasteiger partial charge in [0.1, 0.15) is 0 Å². The Bertz CT molecular complexity index is 251. The summed E-state index contributed by atoms with van der Waals surface area (Å²) in [5.74, 6) is 2.40. The van der Waals surface area contributed by atoms with Crippen LogP contribution in [0.3, 0.4) is 0 Å². The van der Waals surface area contributed by atoms with Gasteiger partial charge in [-0.1, -0.05) is 13.8 Å². The second-order valence-electron chi connectivity index (χ2n) is 5.13. The predicted molar refractivity (Wildman–Crippen MR) is 51.1 cm³/mol. The van der Waals surface area contributed by atoms with Gasteiger partial charge in [0.2, 0.25) is 6.08 Å². The lowest BCUT2D eigenvalue weighted by Crippen LogP contribution is -2.53. The largest absolute Gasteiger partial charge is 0.234 e. The highest BCUT2D eigenvalue weighted by molar-refractivity contribution is 5.32. The molecule has 1 unspecified atom stereocenters. The van der Waals surface area contributed by atoms with Crippen molar-refractivity contribution in [3.8, 4) is 0 Å². The third-order valence-electron chi connectivity index (χ3n) is 4.39. The molecule has 0 aromatic rings. The summed E-state index contributed by atoms with van der Waals surface area (Å²) in [5, 5.41) is 0. The van der Waals surface area contributed by atoms with Crippen molar-refractivity contribution in [2.75, 3.05) is 6.54 Å². The van der Waals surface area contributed by atoms with Crippen molar-refractivity contribution in [2.24, 2.45) is 28.2 Å². The lowest BCUT2D eigenvalue weighted by atomic mass is 9.45. The quantitative estimate of drug-likeness (QED) is 0.472. The molecule has 2 bridgehead atoms. The highest BCUT2D eigenvalue weighted by Crippen LogP contribution is 2.61. The fraction of sp³-hybridized carbons (Fsp3) is 0.909. The molecule has 3 rings (SSSR count). The molecule has 2 nitrogen and oxygen atoms in total. The molecular formula is C11H17NO. The molecule has 3 atom stereocenters. The SMILES string of the molecule is CC1(C)[C@H]2CCC(CN=C=O)[C@@H]1C2. The lowest BCUT2D eigenvalue weighted by Gasteiger charge is -2.59. The molecule has 0 aromatic heterocycles. The van der Waals surface area contributed by atoms with E-state index in [1.165, 1.54) is 19.3 Å². The molecule has 0 radical (unpaired) electrons. The first-order valence-corrected chi connectivity index (χ1v) is 5.20. The molecular weight excluding hydrogens is 162 g/mol. The maximum Gasteiger partial charge on any atom is 0.234 e. The van der Waals surface area contributed by atoms with Gasteiger partial charge in [0, 0.05) is 0 Å². The third-order valence-corrected chi connectivity index (χ3v) is 4.39. The smallest absolute Gasteiger partial charge is 0.211 e. The van der Waals surface area contributed by atoms with Crippen LogP contribution < -0.4 is 0 Å². The lowest BCUT2D eigenvalue weighted by molar-refractivity contribution is -0.101. The first-order valence-electron chi connectivity index (χ1n) is 5.20. The molecule has 3 fully saturated rings. The first kappa shape index (κ1) is 8.96. The van der Waals surface area contributed by atoms with Crippen LogP contribution in [0.2, 0.25) is 0 Å². The van der Waals surface area contributed by atoms with Crippen molar-refractivity contribution >= 4 is 6.08 Å². The maximum absolute atomic E-state index is 10.0. The Hall–Kier alpha value is -0.620. The van der Waals surface area contributed by atoms with Crippen molar-refractivity contribution < 1.29 is 4.79 Å². The third kappa shape index (κ3) is 1.24. The highest BCUT2D eigenvalue weighted by Gasteiger charge is 2.53. The van der Waals surface area contributed by atoms with Gasteiger partial charge < -0.3 is 0 Å². The molecule has 0 N–H and O–H groups in total. The number of carbonyl (C=O) groups excluding carboxylic acids is 1. The van der Waals surface area contributed by atoms with Crippen LogP contribution in [0.25, 0.3) is 0 Å². The van der Waals surface area contributed by atoms with E-state index in [0.717, 1.165) is 11.8 Å². The summed E-state index contributed by atoms with van der Waals surface area (Å²) in [6, 6.07) is 0. The minimum Gasteiger partial charge on any atom is -0.211 e. The van der Waals surface area contributed by atoms with Crippen LogP contribution in [0.4, 0.5) is 0 Å². The summed E-state index contributed by atoms with van der Waals surface area (Å²) in [6.45, 7) is 5.44. The van der Waals surface area contributed by atoms with Crippen molar-refractivity contribution in [3.63, 3.8) is 0 Å². The minimum atomic E-state index is 0.515. The molecule has 0 saturated heterocycles. The Kier molecular flexibility index (Phi) is 2.03. The van der Waals surface area contributed by atoms with E-state index in [1.54, 1.807) is 6.08 Å². The summed E-state index contributed by atoms with van der Waals surface area (Å²) in [6.07, 6.45) is 5.63. The number of fused-ring (bicyclic) bond motifs is 2. The van der Waals surface area contributed by atoms with Crippen LogP contribution in [0, 0.1) is 23.2 Å². The van der Waals surface area contributed by atoms with Crippen molar-refractivity contribution in [2.45, 2.75) is 33.1 Å². The van der Waals surface area contributed by atoms with E-state index in [2.05, 4.69) is 18.8 Å². The number of hydrogen-bond acceptors (Lipinski definition) is 2. The summed E-state index contributed by atoms with van der Waals surface area (Å²) >= 11 is 0. The van der Waals surface area contributed by atoms with E-state index in [-0.39, 0.29) is 0 Å². The van der Waals surface area contributed by atoms with E-state index in [4.69, 9.17) is 0 Å². The summed E-state index contributed by atoms with van der Waals surface area (Å²) < 4.78 is 0. The molecule has 0 aliphatic heterocycles. The standard InChI is InChI=1S/C11H17NO/c1-11(2)9-4-3-8(6-12-7-13)10(11)5-9/h8-10H,3-6H2,1-2H3/t8?,9-,10-/m0/s1. The topological polar surface area (TPSA) is 29.4 Å². The van der Waals surface area contributed by atoms with Gasteiger partial charge in [0.25, 0.3) is 0 Å². The van der Waals surface area contributed by atoms with Gasteiger partial charge in [-0.2, -0.15) is 0 Å². The Morgan fingerprint density at radius 3 is 2.77 bits per heavy atom. The Balaban J connectivity index is 2.02. The first-order chi connectivity index (χ1) is 6.16. The zero-order valence-corrected chi connectivity index (χ0v) is 8.42. The monoisotopic (exact) mass is 179 g/mol. The molecule has 72 valence electrons. The van der Waals surface area contributed by atoms with Gasteiger partial charge in [0.05, 0.1) is 6.54 Å². The van der Waals surface area contributed by atoms with Gasteiger partial charge in [-0.3, -0.25) is 0 Å². The zero-order chi connectivity index (χ0) is 9.47. The number of isocyanates is 1. The molecule has 0 spiro atoms. The molecule has 3 aliphatic carbocycles. The van der Waals surface area contributed by atoms with Crippen LogP contribution in [0.15, 0.2) is 4.99 Å². The predicted octanol–water partition coefficient (Wildman–Crippen LogP) is 2.39. The molecule has 0 amide bonds. The highest BCUT2D eigenvalue weighted by atomic mass is 16.1. The number of rotatable bonds is 2. The summed E-state index contributed by atoms with van der Waals surface area (Å²) in [7, 11) is 0. The Morgan fingerprint density at radius 2 is 2.23 bits per heavy atom. The average molecular weight is 179 g/mol. The van der Waals surface area contributed by atoms with Crippen molar-refractivity contribution in [3.05, 3.63) is 0 Å². The Labute approximate surface area is 79.4 Å². The molecule has 3 saturated carbocycles. The van der Waals surface area contributed by atoms with Gasteiger partial charge in [-0.15, -0.1) is 0 Å². The number of nitrogens with zero attached hydrogens (tertiary/aromatic N) is 1. The van der Waals surface area contributed by atoms with E-state index >= 15 is 0 Å². The van der Waals surface area contributed by atoms with E-state index in [1.807, 2.05) is 0 Å². The molecule has 13 heavy (non-hydrogen) atoms. The summed E-state index contributed by atoms with van der Waals surface area (Å²) in [4.78, 5) is 13.8. The average Bonchev–Trinajstić information content (AvgIpc) is 2.14. The van der Waals surface area contributed by atoms with Gasteiger partial charge >= 0.3 is 0 Å². The maximum atomic E-state index is 10.0. The molecule has 2 heteroatoms. The zero-order valence-electron chi connectivity index (χ0n) is 8.42.